The highest BCUT2D eigenvalue weighted by molar-refractivity contribution is 7.22. The van der Waals surface area contributed by atoms with Gasteiger partial charge in [-0.05, 0) is 18.6 Å². The van der Waals surface area contributed by atoms with E-state index in [1.165, 1.54) is 5.56 Å². The molecule has 24 heavy (non-hydrogen) atoms. The van der Waals surface area contributed by atoms with Crippen LogP contribution < -0.4 is 10.1 Å². The molecule has 0 aliphatic carbocycles. The van der Waals surface area contributed by atoms with Crippen LogP contribution in [0.1, 0.15) is 11.1 Å². The van der Waals surface area contributed by atoms with Crippen molar-refractivity contribution in [2.24, 2.45) is 0 Å². The summed E-state index contributed by atoms with van der Waals surface area (Å²) in [5, 5.41) is 8.35. The average Bonchev–Trinajstić information content (AvgIpc) is 3.20. The molecule has 0 saturated carbocycles. The average molecular weight is 344 g/mol. The Hall–Kier alpha value is -2.38. The Bertz CT molecular complexity index is 869. The topological polar surface area (TPSA) is 61.2 Å². The van der Waals surface area contributed by atoms with Crippen molar-refractivity contribution < 1.29 is 9.47 Å². The summed E-state index contributed by atoms with van der Waals surface area (Å²) in [5.74, 6) is 0.776. The fourth-order valence-electron chi connectivity index (χ4n) is 2.36. The first-order valence-corrected chi connectivity index (χ1v) is 8.36. The van der Waals surface area contributed by atoms with Gasteiger partial charge in [-0.15, -0.1) is 0 Å². The molecule has 0 amide bonds. The molecule has 6 nitrogen and oxygen atoms in total. The number of rotatable bonds is 7. The van der Waals surface area contributed by atoms with E-state index in [9.17, 15) is 0 Å². The maximum absolute atomic E-state index is 5.40. The normalized spacial score (nSPS) is 11.0. The number of nitrogens with one attached hydrogen (secondary N) is 1. The Morgan fingerprint density at radius 1 is 1.38 bits per heavy atom. The van der Waals surface area contributed by atoms with Crippen LogP contribution in [0.2, 0.25) is 0 Å². The maximum atomic E-state index is 5.40. The number of thiazole rings is 1. The fraction of sp³-hybridized carbons (Fsp3) is 0.294. The number of nitrogens with zero attached hydrogens (tertiary/aromatic N) is 3. The molecular formula is C17H20N4O2S. The Morgan fingerprint density at radius 3 is 2.96 bits per heavy atom. The van der Waals surface area contributed by atoms with Crippen molar-refractivity contribution in [2.45, 2.75) is 13.5 Å². The van der Waals surface area contributed by atoms with Crippen LogP contribution in [0.3, 0.4) is 0 Å². The molecule has 7 heteroatoms. The second kappa shape index (κ2) is 7.02. The van der Waals surface area contributed by atoms with Gasteiger partial charge in [-0.2, -0.15) is 5.10 Å². The third-order valence-electron chi connectivity index (χ3n) is 3.69. The molecule has 0 fully saturated rings. The van der Waals surface area contributed by atoms with Crippen LogP contribution in [-0.4, -0.2) is 35.6 Å². The van der Waals surface area contributed by atoms with E-state index in [1.54, 1.807) is 31.8 Å². The first-order valence-electron chi connectivity index (χ1n) is 7.54. The molecule has 126 valence electrons. The molecule has 2 aromatic heterocycles. The van der Waals surface area contributed by atoms with Gasteiger partial charge >= 0.3 is 0 Å². The lowest BCUT2D eigenvalue weighted by Crippen LogP contribution is -2.04. The highest BCUT2D eigenvalue weighted by atomic mass is 32.1. The Kier molecular flexibility index (Phi) is 4.82. The first kappa shape index (κ1) is 16.5. The summed E-state index contributed by atoms with van der Waals surface area (Å²) in [6, 6.07) is 3.98. The molecule has 1 N–H and O–H groups in total. The van der Waals surface area contributed by atoms with Crippen LogP contribution in [0, 0.1) is 6.92 Å². The number of ether oxygens (including phenoxy) is 2. The van der Waals surface area contributed by atoms with E-state index in [0.29, 0.717) is 13.2 Å². The maximum Gasteiger partial charge on any atom is 0.188 e. The van der Waals surface area contributed by atoms with Gasteiger partial charge in [0.15, 0.2) is 5.13 Å². The van der Waals surface area contributed by atoms with Gasteiger partial charge in [-0.25, -0.2) is 4.98 Å². The smallest absolute Gasteiger partial charge is 0.188 e. The Labute approximate surface area is 144 Å². The molecule has 3 rings (SSSR count). The Balaban J connectivity index is 1.80. The molecule has 0 unspecified atom stereocenters. The third-order valence-corrected chi connectivity index (χ3v) is 4.79. The van der Waals surface area contributed by atoms with Crippen LogP contribution in [-0.2, 0) is 11.3 Å². The van der Waals surface area contributed by atoms with E-state index in [1.807, 2.05) is 23.0 Å². The highest BCUT2D eigenvalue weighted by Crippen LogP contribution is 2.35. The number of aryl methyl sites for hydroxylation is 1. The van der Waals surface area contributed by atoms with Gasteiger partial charge in [0.1, 0.15) is 11.3 Å². The molecule has 0 saturated heterocycles. The van der Waals surface area contributed by atoms with E-state index in [4.69, 9.17) is 9.47 Å². The minimum atomic E-state index is 0.623. The van der Waals surface area contributed by atoms with E-state index in [0.717, 1.165) is 32.4 Å². The van der Waals surface area contributed by atoms with Crippen LogP contribution >= 0.6 is 11.3 Å². The van der Waals surface area contributed by atoms with Gasteiger partial charge in [-0.3, -0.25) is 4.68 Å². The van der Waals surface area contributed by atoms with Crippen molar-refractivity contribution in [3.05, 3.63) is 42.2 Å². The summed E-state index contributed by atoms with van der Waals surface area (Å²) in [7, 11) is 3.33. The van der Waals surface area contributed by atoms with E-state index < -0.39 is 0 Å². The SMILES string of the molecule is C=C(Nc1nc2c(OC)ccc(C)c2s1)c1cnn(CCOC)c1. The van der Waals surface area contributed by atoms with Crippen molar-refractivity contribution >= 4 is 32.4 Å². The number of hydrogen-bond donors (Lipinski definition) is 1. The van der Waals surface area contributed by atoms with Crippen molar-refractivity contribution in [1.29, 1.82) is 0 Å². The highest BCUT2D eigenvalue weighted by Gasteiger charge is 2.12. The summed E-state index contributed by atoms with van der Waals surface area (Å²) < 4.78 is 13.4. The zero-order valence-electron chi connectivity index (χ0n) is 14.0. The van der Waals surface area contributed by atoms with Crippen LogP contribution in [0.4, 0.5) is 5.13 Å². The quantitative estimate of drug-likeness (QED) is 0.710. The summed E-state index contributed by atoms with van der Waals surface area (Å²) in [4.78, 5) is 4.64. The fourth-order valence-corrected chi connectivity index (χ4v) is 3.33. The van der Waals surface area contributed by atoms with E-state index in [2.05, 4.69) is 28.9 Å². The standard InChI is InChI=1S/C17H20N4O2S/c1-11-5-6-14(23-4)15-16(11)24-17(20-15)19-12(2)13-9-18-21(10-13)7-8-22-3/h5-6,9-10H,2,7-8H2,1,3-4H3,(H,19,20). The molecule has 0 aliphatic heterocycles. The molecule has 0 atom stereocenters. The summed E-state index contributed by atoms with van der Waals surface area (Å²) >= 11 is 1.59. The van der Waals surface area contributed by atoms with E-state index in [-0.39, 0.29) is 0 Å². The zero-order valence-corrected chi connectivity index (χ0v) is 14.8. The van der Waals surface area contributed by atoms with Crippen LogP contribution in [0.15, 0.2) is 31.1 Å². The number of anilines is 1. The molecule has 0 radical (unpaired) electrons. The second-order valence-electron chi connectivity index (χ2n) is 5.37. The molecule has 3 aromatic rings. The van der Waals surface area contributed by atoms with Crippen LogP contribution in [0.5, 0.6) is 5.75 Å². The van der Waals surface area contributed by atoms with Gasteiger partial charge < -0.3 is 14.8 Å². The molecular weight excluding hydrogens is 324 g/mol. The summed E-state index contributed by atoms with van der Waals surface area (Å²) in [5.41, 5.74) is 3.73. The number of hydrogen-bond acceptors (Lipinski definition) is 6. The summed E-state index contributed by atoms with van der Waals surface area (Å²) in [6.45, 7) is 7.49. The van der Waals surface area contributed by atoms with Crippen LogP contribution in [0.25, 0.3) is 15.9 Å². The van der Waals surface area contributed by atoms with Crippen molar-refractivity contribution in [3.8, 4) is 5.75 Å². The monoisotopic (exact) mass is 344 g/mol. The zero-order chi connectivity index (χ0) is 17.1. The lowest BCUT2D eigenvalue weighted by atomic mass is 10.2. The lowest BCUT2D eigenvalue weighted by molar-refractivity contribution is 0.183. The first-order chi connectivity index (χ1) is 11.6. The van der Waals surface area contributed by atoms with Gasteiger partial charge in [0.05, 0.1) is 31.2 Å². The minimum Gasteiger partial charge on any atom is -0.494 e. The molecule has 0 spiro atoms. The number of methoxy groups -OCH3 is 2. The largest absolute Gasteiger partial charge is 0.494 e. The van der Waals surface area contributed by atoms with Crippen molar-refractivity contribution in [3.63, 3.8) is 0 Å². The van der Waals surface area contributed by atoms with Gasteiger partial charge in [0, 0.05) is 24.6 Å². The van der Waals surface area contributed by atoms with E-state index >= 15 is 0 Å². The summed E-state index contributed by atoms with van der Waals surface area (Å²) in [6.07, 6.45) is 3.72. The number of aromatic nitrogens is 3. The van der Waals surface area contributed by atoms with Gasteiger partial charge in [0.2, 0.25) is 0 Å². The molecule has 0 aliphatic rings. The number of benzene rings is 1. The predicted molar refractivity (Wildman–Crippen MR) is 97.7 cm³/mol. The molecule has 0 bridgehead atoms. The number of fused-ring (bicyclic) bond motifs is 1. The predicted octanol–water partition coefficient (Wildman–Crippen LogP) is 3.54. The van der Waals surface area contributed by atoms with Crippen molar-refractivity contribution in [1.82, 2.24) is 14.8 Å². The van der Waals surface area contributed by atoms with Gasteiger partial charge in [0.25, 0.3) is 0 Å². The second-order valence-corrected chi connectivity index (χ2v) is 6.37. The Morgan fingerprint density at radius 2 is 2.21 bits per heavy atom. The molecule has 2 heterocycles. The lowest BCUT2D eigenvalue weighted by Gasteiger charge is -2.03. The van der Waals surface area contributed by atoms with Crippen molar-refractivity contribution in [2.75, 3.05) is 26.1 Å². The van der Waals surface area contributed by atoms with Gasteiger partial charge in [-0.1, -0.05) is 24.0 Å². The molecule has 1 aromatic carbocycles. The minimum absolute atomic E-state index is 0.623. The third kappa shape index (κ3) is 3.27.